The third-order valence-electron chi connectivity index (χ3n) is 2.58. The number of carbonyl (C=O) groups is 1. The van der Waals surface area contributed by atoms with E-state index in [9.17, 15) is 13.6 Å². The normalized spacial score (nSPS) is 10.4. The van der Waals surface area contributed by atoms with Crippen molar-refractivity contribution in [3.63, 3.8) is 0 Å². The standard InChI is InChI=1S/C12H13F2N5O/c1-15-10-7(13)6-8(14)11(16-10)19-5-4-9(17-19)12(20)18(2)3/h4-6H,1-3H3,(H,15,16). The number of anilines is 1. The Bertz CT molecular complexity index is 653. The lowest BCUT2D eigenvalue weighted by Crippen LogP contribution is -2.22. The molecule has 2 rings (SSSR count). The molecule has 0 unspecified atom stereocenters. The molecule has 20 heavy (non-hydrogen) atoms. The van der Waals surface area contributed by atoms with Gasteiger partial charge in [-0.25, -0.2) is 18.4 Å². The van der Waals surface area contributed by atoms with Crippen molar-refractivity contribution in [2.24, 2.45) is 0 Å². The van der Waals surface area contributed by atoms with Crippen LogP contribution >= 0.6 is 0 Å². The predicted octanol–water partition coefficient (Wildman–Crippen LogP) is 1.29. The Balaban J connectivity index is 2.45. The lowest BCUT2D eigenvalue weighted by Gasteiger charge is -2.08. The van der Waals surface area contributed by atoms with Crippen molar-refractivity contribution in [2.75, 3.05) is 26.5 Å². The molecule has 0 fully saturated rings. The van der Waals surface area contributed by atoms with Crippen molar-refractivity contribution >= 4 is 11.7 Å². The van der Waals surface area contributed by atoms with Gasteiger partial charge in [-0.15, -0.1) is 0 Å². The van der Waals surface area contributed by atoms with E-state index in [0.29, 0.717) is 6.07 Å². The number of carbonyl (C=O) groups excluding carboxylic acids is 1. The van der Waals surface area contributed by atoms with Crippen molar-refractivity contribution in [2.45, 2.75) is 0 Å². The van der Waals surface area contributed by atoms with Crippen LogP contribution in [0, 0.1) is 11.6 Å². The van der Waals surface area contributed by atoms with Crippen molar-refractivity contribution in [1.29, 1.82) is 0 Å². The largest absolute Gasteiger partial charge is 0.371 e. The van der Waals surface area contributed by atoms with Gasteiger partial charge in [0.15, 0.2) is 29.0 Å². The molecule has 0 bridgehead atoms. The Morgan fingerprint density at radius 1 is 1.35 bits per heavy atom. The van der Waals surface area contributed by atoms with Crippen molar-refractivity contribution in [3.05, 3.63) is 35.7 Å². The SMILES string of the molecule is CNc1nc(-n2ccc(C(=O)N(C)C)n2)c(F)cc1F. The second kappa shape index (κ2) is 5.24. The maximum Gasteiger partial charge on any atom is 0.273 e. The fraction of sp³-hybridized carbons (Fsp3) is 0.250. The second-order valence-corrected chi connectivity index (χ2v) is 4.22. The van der Waals surface area contributed by atoms with Gasteiger partial charge in [0.1, 0.15) is 0 Å². The predicted molar refractivity (Wildman–Crippen MR) is 68.8 cm³/mol. The van der Waals surface area contributed by atoms with Crippen LogP contribution in [0.5, 0.6) is 0 Å². The number of hydrogen-bond acceptors (Lipinski definition) is 4. The van der Waals surface area contributed by atoms with Gasteiger partial charge in [0.2, 0.25) is 0 Å². The number of pyridine rings is 1. The maximum atomic E-state index is 13.7. The minimum Gasteiger partial charge on any atom is -0.371 e. The van der Waals surface area contributed by atoms with Crippen molar-refractivity contribution in [3.8, 4) is 5.82 Å². The van der Waals surface area contributed by atoms with E-state index in [1.807, 2.05) is 0 Å². The summed E-state index contributed by atoms with van der Waals surface area (Å²) in [7, 11) is 4.63. The smallest absolute Gasteiger partial charge is 0.273 e. The summed E-state index contributed by atoms with van der Waals surface area (Å²) in [6.45, 7) is 0. The Labute approximate surface area is 114 Å². The van der Waals surface area contributed by atoms with E-state index < -0.39 is 11.6 Å². The summed E-state index contributed by atoms with van der Waals surface area (Å²) in [4.78, 5) is 16.9. The highest BCUT2D eigenvalue weighted by molar-refractivity contribution is 5.91. The molecule has 2 aromatic heterocycles. The van der Waals surface area contributed by atoms with Crippen LogP contribution < -0.4 is 5.32 Å². The molecular weight excluding hydrogens is 268 g/mol. The lowest BCUT2D eigenvalue weighted by atomic mass is 10.4. The number of nitrogens with one attached hydrogen (secondary N) is 1. The Morgan fingerprint density at radius 3 is 2.65 bits per heavy atom. The molecule has 2 heterocycles. The van der Waals surface area contributed by atoms with Crippen LogP contribution in [0.2, 0.25) is 0 Å². The van der Waals surface area contributed by atoms with Crippen LogP contribution in [0.1, 0.15) is 10.5 Å². The fourth-order valence-electron chi connectivity index (χ4n) is 1.58. The number of halogens is 2. The van der Waals surface area contributed by atoms with Gasteiger partial charge in [0, 0.05) is 33.4 Å². The minimum atomic E-state index is -0.867. The van der Waals surface area contributed by atoms with E-state index in [-0.39, 0.29) is 23.2 Å². The summed E-state index contributed by atoms with van der Waals surface area (Å²) in [6.07, 6.45) is 1.39. The zero-order valence-electron chi connectivity index (χ0n) is 11.2. The highest BCUT2D eigenvalue weighted by atomic mass is 19.1. The number of aromatic nitrogens is 3. The van der Waals surface area contributed by atoms with E-state index in [4.69, 9.17) is 0 Å². The third kappa shape index (κ3) is 2.44. The number of hydrogen-bond donors (Lipinski definition) is 1. The first kappa shape index (κ1) is 13.9. The van der Waals surface area contributed by atoms with Gasteiger partial charge in [-0.05, 0) is 6.07 Å². The molecule has 0 spiro atoms. The molecule has 106 valence electrons. The summed E-state index contributed by atoms with van der Waals surface area (Å²) in [5.41, 5.74) is 0.145. The highest BCUT2D eigenvalue weighted by Crippen LogP contribution is 2.17. The molecule has 0 radical (unpaired) electrons. The van der Waals surface area contributed by atoms with Crippen LogP contribution in [0.3, 0.4) is 0 Å². The molecule has 2 aromatic rings. The van der Waals surface area contributed by atoms with Gasteiger partial charge >= 0.3 is 0 Å². The molecule has 1 amide bonds. The zero-order chi connectivity index (χ0) is 14.9. The molecule has 0 aromatic carbocycles. The van der Waals surface area contributed by atoms with Gasteiger partial charge in [0.05, 0.1) is 0 Å². The van der Waals surface area contributed by atoms with Crippen LogP contribution in [0.4, 0.5) is 14.6 Å². The average Bonchev–Trinajstić information content (AvgIpc) is 2.87. The second-order valence-electron chi connectivity index (χ2n) is 4.22. The van der Waals surface area contributed by atoms with Gasteiger partial charge in [0.25, 0.3) is 5.91 Å². The van der Waals surface area contributed by atoms with Crippen molar-refractivity contribution in [1.82, 2.24) is 19.7 Å². The molecule has 8 heteroatoms. The van der Waals surface area contributed by atoms with Crippen LogP contribution in [0.15, 0.2) is 18.3 Å². The van der Waals surface area contributed by atoms with E-state index in [1.54, 1.807) is 14.1 Å². The van der Waals surface area contributed by atoms with Crippen LogP contribution in [-0.2, 0) is 0 Å². The first-order chi connectivity index (χ1) is 9.43. The van der Waals surface area contributed by atoms with E-state index in [2.05, 4.69) is 15.4 Å². The van der Waals surface area contributed by atoms with Crippen LogP contribution in [-0.4, -0.2) is 46.7 Å². The van der Waals surface area contributed by atoms with E-state index in [0.717, 1.165) is 4.68 Å². The third-order valence-corrected chi connectivity index (χ3v) is 2.58. The van der Waals surface area contributed by atoms with E-state index in [1.165, 1.54) is 24.2 Å². The summed E-state index contributed by atoms with van der Waals surface area (Å²) >= 11 is 0. The average molecular weight is 281 g/mol. The van der Waals surface area contributed by atoms with Gasteiger partial charge < -0.3 is 10.2 Å². The quantitative estimate of drug-likeness (QED) is 0.920. The molecule has 1 N–H and O–H groups in total. The molecule has 0 saturated heterocycles. The van der Waals surface area contributed by atoms with Gasteiger partial charge in [-0.3, -0.25) is 4.79 Å². The summed E-state index contributed by atoms with van der Waals surface area (Å²) in [6, 6.07) is 2.15. The van der Waals surface area contributed by atoms with Gasteiger partial charge in [-0.2, -0.15) is 5.10 Å². The molecule has 6 nitrogen and oxygen atoms in total. The lowest BCUT2D eigenvalue weighted by molar-refractivity contribution is 0.0821. The highest BCUT2D eigenvalue weighted by Gasteiger charge is 2.16. The number of rotatable bonds is 3. The molecule has 0 aliphatic heterocycles. The summed E-state index contributed by atoms with van der Waals surface area (Å²) < 4.78 is 28.2. The number of amides is 1. The summed E-state index contributed by atoms with van der Waals surface area (Å²) in [5, 5.41) is 6.45. The Hall–Kier alpha value is -2.51. The Kier molecular flexibility index (Phi) is 3.64. The first-order valence-corrected chi connectivity index (χ1v) is 5.75. The molecule has 0 aliphatic rings. The molecular formula is C12H13F2N5O. The fourth-order valence-corrected chi connectivity index (χ4v) is 1.58. The van der Waals surface area contributed by atoms with Crippen molar-refractivity contribution < 1.29 is 13.6 Å². The summed E-state index contributed by atoms with van der Waals surface area (Å²) in [5.74, 6) is -2.27. The topological polar surface area (TPSA) is 63.1 Å². The van der Waals surface area contributed by atoms with E-state index >= 15 is 0 Å². The number of nitrogens with zero attached hydrogens (tertiary/aromatic N) is 4. The van der Waals surface area contributed by atoms with Crippen LogP contribution in [0.25, 0.3) is 5.82 Å². The molecule has 0 aliphatic carbocycles. The minimum absolute atomic E-state index is 0.0996. The molecule has 0 saturated carbocycles. The maximum absolute atomic E-state index is 13.7. The Morgan fingerprint density at radius 2 is 2.05 bits per heavy atom. The van der Waals surface area contributed by atoms with Gasteiger partial charge in [-0.1, -0.05) is 0 Å². The molecule has 0 atom stereocenters. The monoisotopic (exact) mass is 281 g/mol. The zero-order valence-corrected chi connectivity index (χ0v) is 11.2. The first-order valence-electron chi connectivity index (χ1n) is 5.75.